The number of nitrogens with zero attached hydrogens (tertiary/aromatic N) is 2. The second kappa shape index (κ2) is 11.1. The summed E-state index contributed by atoms with van der Waals surface area (Å²) in [6.45, 7) is 5.04. The van der Waals surface area contributed by atoms with Crippen molar-refractivity contribution in [2.24, 2.45) is 0 Å². The third kappa shape index (κ3) is 7.05. The molecule has 0 saturated heterocycles. The molecule has 0 saturated carbocycles. The number of amides is 2. The number of sulfonamides is 1. The molecule has 2 aromatic carbocycles. The second-order valence-corrected chi connectivity index (χ2v) is 9.65. The molecule has 2 aromatic rings. The van der Waals surface area contributed by atoms with E-state index in [-0.39, 0.29) is 24.2 Å². The van der Waals surface area contributed by atoms with Gasteiger partial charge in [-0.25, -0.2) is 12.8 Å². The van der Waals surface area contributed by atoms with Crippen molar-refractivity contribution in [3.8, 4) is 0 Å². The standard InChI is InChI=1S/C23H30FN3O4S/c1-5-17(2)25-23(29)18(3)26(15-19-9-7-6-8-10-19)22(28)16-27(32(4,30)31)21-13-11-20(24)12-14-21/h6-14,17-18H,5,15-16H2,1-4H3,(H,25,29)/t17-,18+/m0/s1. The summed E-state index contributed by atoms with van der Waals surface area (Å²) in [5.74, 6) is -1.39. The number of benzene rings is 2. The van der Waals surface area contributed by atoms with E-state index < -0.39 is 34.3 Å². The highest BCUT2D eigenvalue weighted by atomic mass is 32.2. The van der Waals surface area contributed by atoms with Crippen LogP contribution in [-0.4, -0.2) is 50.0 Å². The van der Waals surface area contributed by atoms with Crippen molar-refractivity contribution in [1.29, 1.82) is 0 Å². The molecule has 0 aliphatic rings. The molecule has 32 heavy (non-hydrogen) atoms. The number of hydrogen-bond donors (Lipinski definition) is 1. The van der Waals surface area contributed by atoms with E-state index in [1.54, 1.807) is 6.92 Å². The zero-order valence-corrected chi connectivity index (χ0v) is 19.6. The molecule has 0 aliphatic carbocycles. The minimum absolute atomic E-state index is 0.0645. The van der Waals surface area contributed by atoms with Gasteiger partial charge in [-0.05, 0) is 50.1 Å². The molecule has 0 fully saturated rings. The van der Waals surface area contributed by atoms with Crippen LogP contribution < -0.4 is 9.62 Å². The largest absolute Gasteiger partial charge is 0.352 e. The van der Waals surface area contributed by atoms with Gasteiger partial charge < -0.3 is 10.2 Å². The molecular formula is C23H30FN3O4S. The molecule has 0 radical (unpaired) electrons. The second-order valence-electron chi connectivity index (χ2n) is 7.75. The summed E-state index contributed by atoms with van der Waals surface area (Å²) in [5.41, 5.74) is 0.968. The van der Waals surface area contributed by atoms with Crippen molar-refractivity contribution in [3.05, 3.63) is 66.0 Å². The number of carbonyl (C=O) groups excluding carboxylic acids is 2. The summed E-state index contributed by atoms with van der Waals surface area (Å²) >= 11 is 0. The van der Waals surface area contributed by atoms with Crippen LogP contribution in [0.2, 0.25) is 0 Å². The van der Waals surface area contributed by atoms with Crippen LogP contribution >= 0.6 is 0 Å². The number of rotatable bonds is 10. The first-order chi connectivity index (χ1) is 15.0. The van der Waals surface area contributed by atoms with Crippen molar-refractivity contribution in [2.75, 3.05) is 17.1 Å². The van der Waals surface area contributed by atoms with Gasteiger partial charge in [0.05, 0.1) is 11.9 Å². The molecule has 0 spiro atoms. The van der Waals surface area contributed by atoms with Gasteiger partial charge in [0.15, 0.2) is 0 Å². The monoisotopic (exact) mass is 463 g/mol. The van der Waals surface area contributed by atoms with Crippen LogP contribution in [0.5, 0.6) is 0 Å². The SMILES string of the molecule is CC[C@H](C)NC(=O)[C@@H](C)N(Cc1ccccc1)C(=O)CN(c1ccc(F)cc1)S(C)(=O)=O. The zero-order chi connectivity index (χ0) is 23.9. The third-order valence-electron chi connectivity index (χ3n) is 5.16. The summed E-state index contributed by atoms with van der Waals surface area (Å²) in [7, 11) is -3.84. The van der Waals surface area contributed by atoms with Crippen LogP contribution in [0.25, 0.3) is 0 Å². The molecule has 0 bridgehead atoms. The lowest BCUT2D eigenvalue weighted by Gasteiger charge is -2.32. The van der Waals surface area contributed by atoms with Crippen LogP contribution in [0, 0.1) is 5.82 Å². The fourth-order valence-corrected chi connectivity index (χ4v) is 3.90. The Balaban J connectivity index is 2.34. The Bertz CT molecular complexity index is 1010. The summed E-state index contributed by atoms with van der Waals surface area (Å²) in [4.78, 5) is 27.4. The van der Waals surface area contributed by atoms with E-state index in [1.165, 1.54) is 17.0 Å². The maximum Gasteiger partial charge on any atom is 0.244 e. The predicted molar refractivity (Wildman–Crippen MR) is 123 cm³/mol. The van der Waals surface area contributed by atoms with E-state index in [0.29, 0.717) is 0 Å². The molecule has 2 atom stereocenters. The lowest BCUT2D eigenvalue weighted by atomic mass is 10.1. The van der Waals surface area contributed by atoms with Crippen molar-refractivity contribution >= 4 is 27.5 Å². The Kier molecular flexibility index (Phi) is 8.77. The molecule has 2 rings (SSSR count). The van der Waals surface area contributed by atoms with Gasteiger partial charge in [0, 0.05) is 12.6 Å². The highest BCUT2D eigenvalue weighted by Gasteiger charge is 2.30. The molecule has 2 amide bonds. The van der Waals surface area contributed by atoms with E-state index in [4.69, 9.17) is 0 Å². The van der Waals surface area contributed by atoms with Gasteiger partial charge in [0.2, 0.25) is 21.8 Å². The number of nitrogens with one attached hydrogen (secondary N) is 1. The van der Waals surface area contributed by atoms with Crippen molar-refractivity contribution in [3.63, 3.8) is 0 Å². The Morgan fingerprint density at radius 3 is 2.16 bits per heavy atom. The normalized spacial score (nSPS) is 13.2. The van der Waals surface area contributed by atoms with Gasteiger partial charge in [-0.2, -0.15) is 0 Å². The topological polar surface area (TPSA) is 86.8 Å². The van der Waals surface area contributed by atoms with E-state index >= 15 is 0 Å². The highest BCUT2D eigenvalue weighted by molar-refractivity contribution is 7.92. The predicted octanol–water partition coefficient (Wildman–Crippen LogP) is 2.92. The maximum absolute atomic E-state index is 13.3. The lowest BCUT2D eigenvalue weighted by molar-refractivity contribution is -0.139. The number of anilines is 1. The van der Waals surface area contributed by atoms with Crippen LogP contribution in [0.4, 0.5) is 10.1 Å². The first kappa shape index (κ1) is 25.3. The van der Waals surface area contributed by atoms with Crippen LogP contribution in [0.3, 0.4) is 0 Å². The van der Waals surface area contributed by atoms with Crippen molar-refractivity contribution in [2.45, 2.75) is 45.8 Å². The minimum Gasteiger partial charge on any atom is -0.352 e. The van der Waals surface area contributed by atoms with Crippen LogP contribution in [0.1, 0.15) is 32.8 Å². The van der Waals surface area contributed by atoms with Crippen LogP contribution in [0.15, 0.2) is 54.6 Å². The number of carbonyl (C=O) groups is 2. The zero-order valence-electron chi connectivity index (χ0n) is 18.8. The first-order valence-electron chi connectivity index (χ1n) is 10.4. The smallest absolute Gasteiger partial charge is 0.244 e. The molecule has 0 unspecified atom stereocenters. The van der Waals surface area contributed by atoms with E-state index in [0.717, 1.165) is 34.7 Å². The molecular weight excluding hydrogens is 433 g/mol. The van der Waals surface area contributed by atoms with Gasteiger partial charge in [-0.3, -0.25) is 13.9 Å². The number of hydrogen-bond acceptors (Lipinski definition) is 4. The van der Waals surface area contributed by atoms with Crippen LogP contribution in [-0.2, 0) is 26.2 Å². The molecule has 0 aromatic heterocycles. The Morgan fingerprint density at radius 1 is 1.03 bits per heavy atom. The average molecular weight is 464 g/mol. The van der Waals surface area contributed by atoms with Gasteiger partial charge in [0.1, 0.15) is 18.4 Å². The fourth-order valence-electron chi connectivity index (χ4n) is 3.05. The highest BCUT2D eigenvalue weighted by Crippen LogP contribution is 2.19. The fraction of sp³-hybridized carbons (Fsp3) is 0.391. The summed E-state index contributed by atoms with van der Waals surface area (Å²) < 4.78 is 39.0. The van der Waals surface area contributed by atoms with E-state index in [1.807, 2.05) is 44.2 Å². The quantitative estimate of drug-likeness (QED) is 0.587. The van der Waals surface area contributed by atoms with Gasteiger partial charge in [-0.1, -0.05) is 37.3 Å². The molecule has 7 nitrogen and oxygen atoms in total. The molecule has 0 aliphatic heterocycles. The first-order valence-corrected chi connectivity index (χ1v) is 12.2. The van der Waals surface area contributed by atoms with Crippen molar-refractivity contribution in [1.82, 2.24) is 10.2 Å². The van der Waals surface area contributed by atoms with E-state index in [2.05, 4.69) is 5.32 Å². The molecule has 0 heterocycles. The number of halogens is 1. The Morgan fingerprint density at radius 2 is 1.62 bits per heavy atom. The molecule has 9 heteroatoms. The Labute approximate surface area is 189 Å². The molecule has 174 valence electrons. The van der Waals surface area contributed by atoms with Crippen molar-refractivity contribution < 1.29 is 22.4 Å². The molecule has 1 N–H and O–H groups in total. The summed E-state index contributed by atoms with van der Waals surface area (Å²) in [6, 6.07) is 13.1. The lowest BCUT2D eigenvalue weighted by Crippen LogP contribution is -2.52. The summed E-state index contributed by atoms with van der Waals surface area (Å²) in [5, 5.41) is 2.87. The summed E-state index contributed by atoms with van der Waals surface area (Å²) in [6.07, 6.45) is 1.71. The minimum atomic E-state index is -3.84. The van der Waals surface area contributed by atoms with E-state index in [9.17, 15) is 22.4 Å². The average Bonchev–Trinajstić information content (AvgIpc) is 2.75. The van der Waals surface area contributed by atoms with Gasteiger partial charge in [0.25, 0.3) is 0 Å². The maximum atomic E-state index is 13.3. The third-order valence-corrected chi connectivity index (χ3v) is 6.30. The Hall–Kier alpha value is -2.94. The van der Waals surface area contributed by atoms with Gasteiger partial charge in [-0.15, -0.1) is 0 Å². The van der Waals surface area contributed by atoms with Gasteiger partial charge >= 0.3 is 0 Å².